The average molecular weight is 220 g/mol. The number of hydrogen-bond donors (Lipinski definition) is 1. The highest BCUT2D eigenvalue weighted by atomic mass is 19.4. The van der Waals surface area contributed by atoms with Crippen molar-refractivity contribution in [3.8, 4) is 0 Å². The fourth-order valence-electron chi connectivity index (χ4n) is 1.65. The van der Waals surface area contributed by atoms with E-state index in [1.165, 1.54) is 0 Å². The number of aromatic nitrogens is 2. The van der Waals surface area contributed by atoms with Crippen molar-refractivity contribution < 1.29 is 13.2 Å². The fourth-order valence-corrected chi connectivity index (χ4v) is 1.65. The Morgan fingerprint density at radius 2 is 2.13 bits per heavy atom. The van der Waals surface area contributed by atoms with E-state index in [2.05, 4.69) is 5.10 Å². The van der Waals surface area contributed by atoms with Crippen molar-refractivity contribution in [2.45, 2.75) is 32.0 Å². The minimum Gasteiger partial charge on any atom is -0.291 e. The van der Waals surface area contributed by atoms with Crippen LogP contribution in [0, 0.1) is 5.92 Å². The molecule has 1 saturated carbocycles. The summed E-state index contributed by atoms with van der Waals surface area (Å²) in [5.74, 6) is 0.336. The molecule has 1 aliphatic carbocycles. The minimum absolute atomic E-state index is 0.173. The van der Waals surface area contributed by atoms with Gasteiger partial charge in [0, 0.05) is 6.07 Å². The van der Waals surface area contributed by atoms with E-state index in [1.54, 1.807) is 6.92 Å². The van der Waals surface area contributed by atoms with Crippen molar-refractivity contribution in [2.75, 3.05) is 0 Å². The molecule has 3 nitrogen and oxygen atoms in total. The molecule has 0 aromatic carbocycles. The molecule has 0 spiro atoms. The molecule has 1 aromatic rings. The summed E-state index contributed by atoms with van der Waals surface area (Å²) in [6.07, 6.45) is -2.52. The zero-order chi connectivity index (χ0) is 11.2. The van der Waals surface area contributed by atoms with E-state index in [0.29, 0.717) is 12.0 Å². The molecular formula is C9H11F3N2O. The highest BCUT2D eigenvalue weighted by Crippen LogP contribution is 2.38. The lowest BCUT2D eigenvalue weighted by atomic mass is 10.2. The predicted octanol–water partition coefficient (Wildman–Crippen LogP) is 2.17. The van der Waals surface area contributed by atoms with E-state index in [1.807, 2.05) is 0 Å². The van der Waals surface area contributed by atoms with Gasteiger partial charge in [0.25, 0.3) is 5.56 Å². The van der Waals surface area contributed by atoms with Crippen LogP contribution in [0.3, 0.4) is 0 Å². The van der Waals surface area contributed by atoms with Gasteiger partial charge in [0.05, 0.1) is 6.04 Å². The lowest BCUT2D eigenvalue weighted by Gasteiger charge is -2.11. The Kier molecular flexibility index (Phi) is 2.17. The van der Waals surface area contributed by atoms with Crippen molar-refractivity contribution >= 4 is 0 Å². The van der Waals surface area contributed by atoms with Crippen molar-refractivity contribution in [1.82, 2.24) is 9.78 Å². The van der Waals surface area contributed by atoms with Gasteiger partial charge in [-0.1, -0.05) is 0 Å². The molecule has 0 unspecified atom stereocenters. The Balaban J connectivity index is 2.33. The summed E-state index contributed by atoms with van der Waals surface area (Å²) in [7, 11) is 0. The fraction of sp³-hybridized carbons (Fsp3) is 0.667. The van der Waals surface area contributed by atoms with Gasteiger partial charge in [0.2, 0.25) is 0 Å². The maximum Gasteiger partial charge on any atom is 0.432 e. The number of rotatable bonds is 2. The number of alkyl halides is 3. The molecule has 1 fully saturated rings. The first-order valence-corrected chi connectivity index (χ1v) is 4.78. The third-order valence-corrected chi connectivity index (χ3v) is 2.76. The molecule has 15 heavy (non-hydrogen) atoms. The molecule has 2 rings (SSSR count). The number of hydrogen-bond acceptors (Lipinski definition) is 1. The highest BCUT2D eigenvalue weighted by Gasteiger charge is 2.36. The van der Waals surface area contributed by atoms with Crippen LogP contribution in [0.4, 0.5) is 13.2 Å². The first-order chi connectivity index (χ1) is 6.89. The predicted molar refractivity (Wildman–Crippen MR) is 47.5 cm³/mol. The average Bonchev–Trinajstić information content (AvgIpc) is 2.87. The van der Waals surface area contributed by atoms with Crippen molar-refractivity contribution in [3.05, 3.63) is 22.1 Å². The van der Waals surface area contributed by atoms with E-state index in [9.17, 15) is 18.0 Å². The molecule has 1 N–H and O–H groups in total. The summed E-state index contributed by atoms with van der Waals surface area (Å²) < 4.78 is 37.9. The van der Waals surface area contributed by atoms with Crippen LogP contribution in [0.2, 0.25) is 0 Å². The molecule has 0 aliphatic heterocycles. The Labute approximate surface area is 83.9 Å². The van der Waals surface area contributed by atoms with E-state index < -0.39 is 17.4 Å². The molecule has 1 aliphatic rings. The Hall–Kier alpha value is -1.20. The van der Waals surface area contributed by atoms with Gasteiger partial charge in [-0.2, -0.15) is 13.2 Å². The highest BCUT2D eigenvalue weighted by molar-refractivity contribution is 5.05. The van der Waals surface area contributed by atoms with Crippen LogP contribution in [0.15, 0.2) is 10.9 Å². The number of H-pyrrole nitrogens is 1. The van der Waals surface area contributed by atoms with Crippen molar-refractivity contribution in [2.24, 2.45) is 5.92 Å². The SMILES string of the molecule is C[C@H](C1CC1)n1[nH]c(C(F)(F)F)cc1=O. The monoisotopic (exact) mass is 220 g/mol. The summed E-state index contributed by atoms with van der Waals surface area (Å²) in [5.41, 5.74) is -1.58. The van der Waals surface area contributed by atoms with E-state index >= 15 is 0 Å². The van der Waals surface area contributed by atoms with Crippen LogP contribution in [-0.2, 0) is 6.18 Å². The molecule has 1 atom stereocenters. The van der Waals surface area contributed by atoms with Gasteiger partial charge < -0.3 is 0 Å². The molecular weight excluding hydrogens is 209 g/mol. The number of nitrogens with one attached hydrogen (secondary N) is 1. The topological polar surface area (TPSA) is 37.8 Å². The van der Waals surface area contributed by atoms with Gasteiger partial charge in [-0.3, -0.25) is 9.89 Å². The van der Waals surface area contributed by atoms with Crippen LogP contribution in [-0.4, -0.2) is 9.78 Å². The number of nitrogens with zero attached hydrogens (tertiary/aromatic N) is 1. The summed E-state index contributed by atoms with van der Waals surface area (Å²) in [6.45, 7) is 1.76. The summed E-state index contributed by atoms with van der Waals surface area (Å²) >= 11 is 0. The molecule has 1 heterocycles. The lowest BCUT2D eigenvalue weighted by molar-refractivity contribution is -0.141. The van der Waals surface area contributed by atoms with Crippen LogP contribution in [0.5, 0.6) is 0 Å². The van der Waals surface area contributed by atoms with Gasteiger partial charge in [-0.05, 0) is 25.7 Å². The molecule has 0 saturated heterocycles. The molecule has 6 heteroatoms. The Bertz CT molecular complexity index is 414. The summed E-state index contributed by atoms with van der Waals surface area (Å²) in [6, 6.07) is 0.437. The quantitative estimate of drug-likeness (QED) is 0.814. The lowest BCUT2D eigenvalue weighted by Crippen LogP contribution is -2.21. The second-order valence-electron chi connectivity index (χ2n) is 3.95. The van der Waals surface area contributed by atoms with Crippen LogP contribution in [0.1, 0.15) is 31.5 Å². The first-order valence-electron chi connectivity index (χ1n) is 4.78. The maximum absolute atomic E-state index is 12.3. The summed E-state index contributed by atoms with van der Waals surface area (Å²) in [5, 5.41) is 2.12. The van der Waals surface area contributed by atoms with E-state index in [-0.39, 0.29) is 6.04 Å². The Morgan fingerprint density at radius 1 is 1.53 bits per heavy atom. The second kappa shape index (κ2) is 3.15. The molecule has 0 radical (unpaired) electrons. The van der Waals surface area contributed by atoms with Crippen molar-refractivity contribution in [3.63, 3.8) is 0 Å². The van der Waals surface area contributed by atoms with Gasteiger partial charge in [-0.15, -0.1) is 0 Å². The molecule has 0 amide bonds. The molecule has 0 bridgehead atoms. The van der Waals surface area contributed by atoms with Gasteiger partial charge in [0.1, 0.15) is 5.69 Å². The largest absolute Gasteiger partial charge is 0.432 e. The maximum atomic E-state index is 12.3. The third-order valence-electron chi connectivity index (χ3n) is 2.76. The minimum atomic E-state index is -4.48. The Morgan fingerprint density at radius 3 is 2.53 bits per heavy atom. The zero-order valence-corrected chi connectivity index (χ0v) is 8.14. The van der Waals surface area contributed by atoms with Gasteiger partial charge in [0.15, 0.2) is 0 Å². The smallest absolute Gasteiger partial charge is 0.291 e. The molecule has 1 aromatic heterocycles. The standard InChI is InChI=1S/C9H11F3N2O/c1-5(6-2-3-6)14-8(15)4-7(13-14)9(10,11)12/h4-6,13H,2-3H2,1H3/t5-/m1/s1. The van der Waals surface area contributed by atoms with Gasteiger partial charge in [-0.25, -0.2) is 4.68 Å². The normalized spacial score (nSPS) is 19.2. The van der Waals surface area contributed by atoms with Gasteiger partial charge >= 0.3 is 6.18 Å². The van der Waals surface area contributed by atoms with Crippen LogP contribution >= 0.6 is 0 Å². The van der Waals surface area contributed by atoms with Crippen molar-refractivity contribution in [1.29, 1.82) is 0 Å². The number of aromatic amines is 1. The molecule has 84 valence electrons. The zero-order valence-electron chi connectivity index (χ0n) is 8.14. The van der Waals surface area contributed by atoms with Crippen LogP contribution in [0.25, 0.3) is 0 Å². The summed E-state index contributed by atoms with van der Waals surface area (Å²) in [4.78, 5) is 11.3. The van der Waals surface area contributed by atoms with E-state index in [0.717, 1.165) is 17.5 Å². The first kappa shape index (κ1) is 10.3. The van der Waals surface area contributed by atoms with Crippen LogP contribution < -0.4 is 5.56 Å². The third kappa shape index (κ3) is 1.93. The second-order valence-corrected chi connectivity index (χ2v) is 3.95. The number of halogens is 3. The van der Waals surface area contributed by atoms with E-state index in [4.69, 9.17) is 0 Å².